The maximum atomic E-state index is 5.08. The van der Waals surface area contributed by atoms with Crippen molar-refractivity contribution >= 4 is 38.1 Å². The number of para-hydroxylation sites is 2. The quantitative estimate of drug-likeness (QED) is 0.220. The first-order chi connectivity index (χ1) is 21.3. The normalized spacial score (nSPS) is 11.7. The summed E-state index contributed by atoms with van der Waals surface area (Å²) in [5.41, 5.74) is 8.77. The van der Waals surface area contributed by atoms with Crippen LogP contribution in [0.25, 0.3) is 83.4 Å². The summed E-state index contributed by atoms with van der Waals surface area (Å²) < 4.78 is 2.39. The summed E-state index contributed by atoms with van der Waals surface area (Å²) in [4.78, 5) is 15.1. The number of benzene rings is 6. The van der Waals surface area contributed by atoms with Crippen LogP contribution in [0.5, 0.6) is 0 Å². The van der Waals surface area contributed by atoms with E-state index in [0.717, 1.165) is 33.3 Å². The molecule has 0 bridgehead atoms. The fraction of sp³-hybridized carbons (Fsp3) is 0. The lowest BCUT2D eigenvalue weighted by atomic mass is 10.0. The van der Waals surface area contributed by atoms with Crippen molar-refractivity contribution < 1.29 is 0 Å². The molecule has 200 valence electrons. The van der Waals surface area contributed by atoms with Crippen molar-refractivity contribution in [1.29, 1.82) is 0 Å². The Morgan fingerprint density at radius 3 is 1.58 bits per heavy atom. The number of fused-ring (bicyclic) bond motifs is 6. The molecule has 9 aromatic rings. The van der Waals surface area contributed by atoms with Gasteiger partial charge in [0, 0.05) is 38.2 Å². The summed E-state index contributed by atoms with van der Waals surface area (Å²) in [5, 5.41) is 5.03. The van der Waals surface area contributed by atoms with Crippen molar-refractivity contribution in [1.82, 2.24) is 19.4 Å². The molecule has 9 rings (SSSR count). The third-order valence-corrected chi connectivity index (χ3v) is 8.38. The minimum absolute atomic E-state index is 0.652. The molecule has 0 aliphatic carbocycles. The minimum atomic E-state index is 0.652. The maximum Gasteiger partial charge on any atom is 0.164 e. The van der Waals surface area contributed by atoms with Crippen molar-refractivity contribution in [3.63, 3.8) is 0 Å². The highest BCUT2D eigenvalue weighted by molar-refractivity contribution is 6.23. The summed E-state index contributed by atoms with van der Waals surface area (Å²) in [5.74, 6) is 1.96. The van der Waals surface area contributed by atoms with Crippen LogP contribution in [0.15, 0.2) is 146 Å². The topological polar surface area (TPSA) is 43.1 Å². The minimum Gasteiger partial charge on any atom is -0.308 e. The second-order valence-electron chi connectivity index (χ2n) is 10.9. The number of rotatable bonds is 4. The van der Waals surface area contributed by atoms with Gasteiger partial charge in [-0.2, -0.15) is 0 Å². The summed E-state index contributed by atoms with van der Waals surface area (Å²) >= 11 is 0. The van der Waals surface area contributed by atoms with Crippen molar-refractivity contribution in [3.05, 3.63) is 146 Å². The Balaban J connectivity index is 1.28. The first-order valence-electron chi connectivity index (χ1n) is 14.5. The Morgan fingerprint density at radius 1 is 0.326 bits per heavy atom. The molecule has 0 saturated heterocycles. The Bertz CT molecular complexity index is 2440. The number of hydrogen-bond acceptors (Lipinski definition) is 3. The third kappa shape index (κ3) is 3.74. The Kier molecular flexibility index (Phi) is 5.16. The SMILES string of the molecule is c1ccc(-c2cccc(-c3nc(-c4ccccc4)nc(-c4ccc5c6cccc7c8ccccc8n(c5c4)c76)n3)c2)cc1. The lowest BCUT2D eigenvalue weighted by molar-refractivity contribution is 1.07. The van der Waals surface area contributed by atoms with Gasteiger partial charge in [0.25, 0.3) is 0 Å². The Hall–Kier alpha value is -5.87. The predicted octanol–water partition coefficient (Wildman–Crippen LogP) is 9.69. The average Bonchev–Trinajstić information content (AvgIpc) is 3.61. The highest BCUT2D eigenvalue weighted by atomic mass is 15.0. The van der Waals surface area contributed by atoms with E-state index in [4.69, 9.17) is 15.0 Å². The second kappa shape index (κ2) is 9.33. The first-order valence-corrected chi connectivity index (χ1v) is 14.5. The Morgan fingerprint density at radius 2 is 0.837 bits per heavy atom. The largest absolute Gasteiger partial charge is 0.308 e. The highest BCUT2D eigenvalue weighted by Crippen LogP contribution is 2.40. The van der Waals surface area contributed by atoms with Crippen LogP contribution in [-0.4, -0.2) is 19.4 Å². The molecule has 0 atom stereocenters. The molecule has 0 unspecified atom stereocenters. The molecular weight excluding hydrogens is 524 g/mol. The standard InChI is InChI=1S/C39H24N4/c1-3-11-25(12-4-1)27-15-9-16-28(23-27)38-40-37(26-13-5-2-6-14-26)41-39(42-38)29-21-22-31-33-19-10-18-32-30-17-7-8-20-34(30)43(36(32)33)35(31)24-29/h1-24H. The Labute approximate surface area is 247 Å². The molecule has 43 heavy (non-hydrogen) atoms. The van der Waals surface area contributed by atoms with E-state index >= 15 is 0 Å². The summed E-state index contributed by atoms with van der Waals surface area (Å²) in [6.45, 7) is 0. The van der Waals surface area contributed by atoms with Crippen LogP contribution in [0.3, 0.4) is 0 Å². The molecule has 0 spiro atoms. The molecular formula is C39H24N4. The van der Waals surface area contributed by atoms with Gasteiger partial charge in [-0.25, -0.2) is 15.0 Å². The van der Waals surface area contributed by atoms with E-state index in [2.05, 4.69) is 114 Å². The molecule has 0 fully saturated rings. The zero-order valence-electron chi connectivity index (χ0n) is 23.1. The molecule has 3 heterocycles. The molecule has 0 amide bonds. The van der Waals surface area contributed by atoms with E-state index in [1.54, 1.807) is 0 Å². The zero-order valence-corrected chi connectivity index (χ0v) is 23.1. The molecule has 0 aliphatic heterocycles. The first kappa shape index (κ1) is 23.8. The van der Waals surface area contributed by atoms with Gasteiger partial charge in [0.15, 0.2) is 17.5 Å². The molecule has 4 nitrogen and oxygen atoms in total. The third-order valence-electron chi connectivity index (χ3n) is 8.38. The van der Waals surface area contributed by atoms with E-state index in [9.17, 15) is 0 Å². The van der Waals surface area contributed by atoms with Gasteiger partial charge in [-0.3, -0.25) is 0 Å². The molecule has 0 aliphatic rings. The van der Waals surface area contributed by atoms with E-state index < -0.39 is 0 Å². The molecule has 6 aromatic carbocycles. The van der Waals surface area contributed by atoms with Crippen molar-refractivity contribution in [3.8, 4) is 45.3 Å². The molecule has 0 N–H and O–H groups in total. The molecule has 0 radical (unpaired) electrons. The lowest BCUT2D eigenvalue weighted by Crippen LogP contribution is -2.00. The maximum absolute atomic E-state index is 5.08. The highest BCUT2D eigenvalue weighted by Gasteiger charge is 2.19. The van der Waals surface area contributed by atoms with Gasteiger partial charge in [-0.1, -0.05) is 127 Å². The van der Waals surface area contributed by atoms with Crippen LogP contribution in [0, 0.1) is 0 Å². The predicted molar refractivity (Wildman–Crippen MR) is 176 cm³/mol. The van der Waals surface area contributed by atoms with Crippen LogP contribution in [0.2, 0.25) is 0 Å². The van der Waals surface area contributed by atoms with Gasteiger partial charge in [0.1, 0.15) is 0 Å². The molecule has 0 saturated carbocycles. The van der Waals surface area contributed by atoms with Crippen LogP contribution < -0.4 is 0 Å². The van der Waals surface area contributed by atoms with Gasteiger partial charge in [0.2, 0.25) is 0 Å². The summed E-state index contributed by atoms with van der Waals surface area (Å²) in [6, 6.07) is 50.8. The number of aromatic nitrogens is 4. The van der Waals surface area contributed by atoms with E-state index in [1.165, 1.54) is 32.6 Å². The number of nitrogens with zero attached hydrogens (tertiary/aromatic N) is 4. The van der Waals surface area contributed by atoms with Crippen LogP contribution in [0.1, 0.15) is 0 Å². The van der Waals surface area contributed by atoms with Gasteiger partial charge >= 0.3 is 0 Å². The van der Waals surface area contributed by atoms with Crippen LogP contribution >= 0.6 is 0 Å². The van der Waals surface area contributed by atoms with Crippen molar-refractivity contribution in [2.24, 2.45) is 0 Å². The summed E-state index contributed by atoms with van der Waals surface area (Å²) in [6.07, 6.45) is 0. The molecule has 3 aromatic heterocycles. The van der Waals surface area contributed by atoms with E-state index in [0.29, 0.717) is 17.5 Å². The lowest BCUT2D eigenvalue weighted by Gasteiger charge is -2.10. The molecule has 4 heteroatoms. The van der Waals surface area contributed by atoms with Gasteiger partial charge in [-0.15, -0.1) is 0 Å². The second-order valence-corrected chi connectivity index (χ2v) is 10.9. The van der Waals surface area contributed by atoms with Gasteiger partial charge in [0.05, 0.1) is 16.6 Å². The van der Waals surface area contributed by atoms with Gasteiger partial charge in [-0.05, 0) is 29.3 Å². The fourth-order valence-electron chi connectivity index (χ4n) is 6.39. The van der Waals surface area contributed by atoms with Crippen molar-refractivity contribution in [2.75, 3.05) is 0 Å². The van der Waals surface area contributed by atoms with Crippen molar-refractivity contribution in [2.45, 2.75) is 0 Å². The summed E-state index contributed by atoms with van der Waals surface area (Å²) in [7, 11) is 0. The van der Waals surface area contributed by atoms with Crippen LogP contribution in [0.4, 0.5) is 0 Å². The monoisotopic (exact) mass is 548 g/mol. The van der Waals surface area contributed by atoms with E-state index in [1.807, 2.05) is 36.4 Å². The number of hydrogen-bond donors (Lipinski definition) is 0. The van der Waals surface area contributed by atoms with Crippen LogP contribution in [-0.2, 0) is 0 Å². The van der Waals surface area contributed by atoms with Gasteiger partial charge < -0.3 is 4.40 Å². The average molecular weight is 549 g/mol. The smallest absolute Gasteiger partial charge is 0.164 e. The van der Waals surface area contributed by atoms with E-state index in [-0.39, 0.29) is 0 Å². The fourth-order valence-corrected chi connectivity index (χ4v) is 6.39. The zero-order chi connectivity index (χ0) is 28.3.